The lowest BCUT2D eigenvalue weighted by atomic mass is 10.2. The van der Waals surface area contributed by atoms with E-state index in [1.807, 2.05) is 37.3 Å². The first kappa shape index (κ1) is 12.9. The number of hydrogen-bond acceptors (Lipinski definition) is 3. The zero-order valence-corrected chi connectivity index (χ0v) is 10.8. The Labute approximate surface area is 107 Å². The van der Waals surface area contributed by atoms with E-state index in [9.17, 15) is 4.79 Å². The molecule has 2 rings (SSSR count). The van der Waals surface area contributed by atoms with Crippen LogP contribution >= 0.6 is 0 Å². The van der Waals surface area contributed by atoms with E-state index in [4.69, 9.17) is 9.47 Å². The lowest BCUT2D eigenvalue weighted by Gasteiger charge is -2.26. The van der Waals surface area contributed by atoms with Crippen molar-refractivity contribution in [3.8, 4) is 0 Å². The zero-order valence-electron chi connectivity index (χ0n) is 10.8. The molecule has 0 aliphatic carbocycles. The Hall–Kier alpha value is -1.55. The highest BCUT2D eigenvalue weighted by Gasteiger charge is 2.35. The minimum Gasteiger partial charge on any atom is -0.444 e. The van der Waals surface area contributed by atoms with Gasteiger partial charge < -0.3 is 9.47 Å². The Balaban J connectivity index is 1.91. The largest absolute Gasteiger partial charge is 0.444 e. The molecule has 0 radical (unpaired) electrons. The number of hydrogen-bond donors (Lipinski definition) is 0. The molecule has 0 bridgehead atoms. The van der Waals surface area contributed by atoms with E-state index in [1.54, 1.807) is 12.0 Å². The topological polar surface area (TPSA) is 38.8 Å². The monoisotopic (exact) mass is 249 g/mol. The first-order valence-corrected chi connectivity index (χ1v) is 6.24. The number of methoxy groups -OCH3 is 1. The van der Waals surface area contributed by atoms with Crippen molar-refractivity contribution in [3.05, 3.63) is 35.9 Å². The first-order chi connectivity index (χ1) is 8.72. The van der Waals surface area contributed by atoms with Gasteiger partial charge in [-0.25, -0.2) is 4.79 Å². The van der Waals surface area contributed by atoms with Crippen LogP contribution in [-0.4, -0.2) is 30.4 Å². The summed E-state index contributed by atoms with van der Waals surface area (Å²) in [4.78, 5) is 13.7. The van der Waals surface area contributed by atoms with Crippen molar-refractivity contribution < 1.29 is 14.3 Å². The maximum Gasteiger partial charge on any atom is 0.412 e. The Morgan fingerprint density at radius 1 is 1.33 bits per heavy atom. The Bertz CT molecular complexity index is 393. The van der Waals surface area contributed by atoms with Crippen LogP contribution < -0.4 is 0 Å². The summed E-state index contributed by atoms with van der Waals surface area (Å²) in [6.45, 7) is 2.32. The van der Waals surface area contributed by atoms with Crippen molar-refractivity contribution in [3.63, 3.8) is 0 Å². The summed E-state index contributed by atoms with van der Waals surface area (Å²) in [5.74, 6) is 0. The van der Waals surface area contributed by atoms with Crippen molar-refractivity contribution in [1.82, 2.24) is 4.90 Å². The number of ether oxygens (including phenoxy) is 2. The molecule has 0 aromatic heterocycles. The smallest absolute Gasteiger partial charge is 0.412 e. The van der Waals surface area contributed by atoms with Gasteiger partial charge in [0.1, 0.15) is 12.8 Å². The average molecular weight is 249 g/mol. The minimum atomic E-state index is -0.296. The molecular weight excluding hydrogens is 230 g/mol. The van der Waals surface area contributed by atoms with Gasteiger partial charge >= 0.3 is 6.09 Å². The summed E-state index contributed by atoms with van der Waals surface area (Å²) >= 11 is 0. The second kappa shape index (κ2) is 5.87. The molecular formula is C14H19NO3. The van der Waals surface area contributed by atoms with Crippen LogP contribution in [0.4, 0.5) is 4.79 Å². The fraction of sp³-hybridized carbons (Fsp3) is 0.500. The number of carbonyl (C=O) groups excluding carboxylic acids is 1. The fourth-order valence-corrected chi connectivity index (χ4v) is 2.27. The molecule has 1 heterocycles. The van der Waals surface area contributed by atoms with Crippen LogP contribution in [0.25, 0.3) is 0 Å². The number of benzene rings is 1. The molecule has 18 heavy (non-hydrogen) atoms. The van der Waals surface area contributed by atoms with Gasteiger partial charge in [-0.15, -0.1) is 0 Å². The summed E-state index contributed by atoms with van der Waals surface area (Å²) < 4.78 is 10.6. The molecule has 1 aromatic rings. The quantitative estimate of drug-likeness (QED) is 0.826. The Morgan fingerprint density at radius 2 is 2.06 bits per heavy atom. The SMILES string of the molecule is COC1CC[C@@H](C)N1C(=O)OCc1ccccc1. The summed E-state index contributed by atoms with van der Waals surface area (Å²) in [6.07, 6.45) is 1.39. The second-order valence-electron chi connectivity index (χ2n) is 4.56. The van der Waals surface area contributed by atoms with Crippen molar-refractivity contribution in [2.75, 3.05) is 7.11 Å². The van der Waals surface area contributed by atoms with E-state index in [0.717, 1.165) is 18.4 Å². The first-order valence-electron chi connectivity index (χ1n) is 6.24. The normalized spacial score (nSPS) is 23.1. The number of nitrogens with zero attached hydrogens (tertiary/aromatic N) is 1. The van der Waals surface area contributed by atoms with E-state index >= 15 is 0 Å². The molecule has 1 unspecified atom stereocenters. The van der Waals surface area contributed by atoms with Crippen molar-refractivity contribution in [2.45, 2.75) is 38.6 Å². The molecule has 2 atom stereocenters. The molecule has 1 fully saturated rings. The molecule has 98 valence electrons. The minimum absolute atomic E-state index is 0.150. The molecule has 0 spiro atoms. The highest BCUT2D eigenvalue weighted by atomic mass is 16.6. The Kier molecular flexibility index (Phi) is 4.20. The van der Waals surface area contributed by atoms with Gasteiger partial charge in [-0.3, -0.25) is 4.90 Å². The van der Waals surface area contributed by atoms with Crippen LogP contribution in [-0.2, 0) is 16.1 Å². The van der Waals surface area contributed by atoms with Crippen molar-refractivity contribution >= 4 is 6.09 Å². The maximum absolute atomic E-state index is 12.0. The third-order valence-electron chi connectivity index (χ3n) is 3.30. The predicted octanol–water partition coefficient (Wildman–Crippen LogP) is 2.78. The zero-order chi connectivity index (χ0) is 13.0. The predicted molar refractivity (Wildman–Crippen MR) is 68.0 cm³/mol. The third-order valence-corrected chi connectivity index (χ3v) is 3.30. The maximum atomic E-state index is 12.0. The van der Waals surface area contributed by atoms with Gasteiger partial charge in [0.2, 0.25) is 0 Å². The molecule has 0 N–H and O–H groups in total. The van der Waals surface area contributed by atoms with Crippen LogP contribution in [0, 0.1) is 0 Å². The van der Waals surface area contributed by atoms with Gasteiger partial charge in [-0.1, -0.05) is 30.3 Å². The van der Waals surface area contributed by atoms with E-state index in [-0.39, 0.29) is 18.4 Å². The average Bonchev–Trinajstić information content (AvgIpc) is 2.78. The van der Waals surface area contributed by atoms with Crippen molar-refractivity contribution in [2.24, 2.45) is 0 Å². The van der Waals surface area contributed by atoms with Gasteiger partial charge in [0.15, 0.2) is 0 Å². The number of rotatable bonds is 3. The van der Waals surface area contributed by atoms with Gasteiger partial charge in [-0.05, 0) is 25.3 Å². The molecule has 1 aliphatic heterocycles. The molecule has 1 amide bonds. The molecule has 1 aromatic carbocycles. The van der Waals surface area contributed by atoms with Gasteiger partial charge in [0.25, 0.3) is 0 Å². The van der Waals surface area contributed by atoms with Crippen LogP contribution in [0.1, 0.15) is 25.3 Å². The second-order valence-corrected chi connectivity index (χ2v) is 4.56. The number of likely N-dealkylation sites (tertiary alicyclic amines) is 1. The fourth-order valence-electron chi connectivity index (χ4n) is 2.27. The molecule has 4 heteroatoms. The van der Waals surface area contributed by atoms with Gasteiger partial charge in [-0.2, -0.15) is 0 Å². The molecule has 4 nitrogen and oxygen atoms in total. The lowest BCUT2D eigenvalue weighted by Crippen LogP contribution is -2.41. The molecule has 1 aliphatic rings. The van der Waals surface area contributed by atoms with Gasteiger partial charge in [0.05, 0.1) is 0 Å². The van der Waals surface area contributed by atoms with Crippen LogP contribution in [0.15, 0.2) is 30.3 Å². The lowest BCUT2D eigenvalue weighted by molar-refractivity contribution is -0.0182. The summed E-state index contributed by atoms with van der Waals surface area (Å²) in [5.41, 5.74) is 0.992. The molecule has 0 saturated carbocycles. The van der Waals surface area contributed by atoms with Gasteiger partial charge in [0, 0.05) is 13.2 Å². The third kappa shape index (κ3) is 2.82. The summed E-state index contributed by atoms with van der Waals surface area (Å²) in [6, 6.07) is 9.86. The summed E-state index contributed by atoms with van der Waals surface area (Å²) in [7, 11) is 1.63. The van der Waals surface area contributed by atoms with Crippen LogP contribution in [0.2, 0.25) is 0 Å². The highest BCUT2D eigenvalue weighted by Crippen LogP contribution is 2.25. The number of amides is 1. The van der Waals surface area contributed by atoms with E-state index < -0.39 is 0 Å². The van der Waals surface area contributed by atoms with E-state index in [0.29, 0.717) is 6.61 Å². The van der Waals surface area contributed by atoms with E-state index in [2.05, 4.69) is 0 Å². The molecule has 1 saturated heterocycles. The Morgan fingerprint density at radius 3 is 2.72 bits per heavy atom. The standard InChI is InChI=1S/C14H19NO3/c1-11-8-9-13(17-2)15(11)14(16)18-10-12-6-4-3-5-7-12/h3-7,11,13H,8-10H2,1-2H3/t11-,13?/m1/s1. The summed E-state index contributed by atoms with van der Waals surface area (Å²) in [5, 5.41) is 0. The highest BCUT2D eigenvalue weighted by molar-refractivity contribution is 5.68. The van der Waals surface area contributed by atoms with E-state index in [1.165, 1.54) is 0 Å². The van der Waals surface area contributed by atoms with Crippen LogP contribution in [0.3, 0.4) is 0 Å². The van der Waals surface area contributed by atoms with Crippen molar-refractivity contribution in [1.29, 1.82) is 0 Å². The van der Waals surface area contributed by atoms with Crippen LogP contribution in [0.5, 0.6) is 0 Å². The number of carbonyl (C=O) groups is 1.